The van der Waals surface area contributed by atoms with Gasteiger partial charge >= 0.3 is 0 Å². The van der Waals surface area contributed by atoms with Gasteiger partial charge in [-0.25, -0.2) is 5.84 Å². The van der Waals surface area contributed by atoms with Crippen LogP contribution in [0.2, 0.25) is 0 Å². The number of aromatic nitrogens is 2. The number of nitrogens with zero attached hydrogens (tertiary/aromatic N) is 2. The topological polar surface area (TPSA) is 72.9 Å². The van der Waals surface area contributed by atoms with Gasteiger partial charge in [-0.2, -0.15) is 5.10 Å². The van der Waals surface area contributed by atoms with Gasteiger partial charge < -0.3 is 0 Å². The van der Waals surface area contributed by atoms with Crippen LogP contribution in [0.25, 0.3) is 0 Å². The Kier molecular flexibility index (Phi) is 3.04. The van der Waals surface area contributed by atoms with E-state index in [1.54, 1.807) is 24.0 Å². The quantitative estimate of drug-likeness (QED) is 0.348. The van der Waals surface area contributed by atoms with E-state index >= 15 is 0 Å². The zero-order valence-electron chi connectivity index (χ0n) is 6.49. The van der Waals surface area contributed by atoms with Gasteiger partial charge in [-0.15, -0.1) is 0 Å². The minimum absolute atomic E-state index is 0.255. The van der Waals surface area contributed by atoms with E-state index in [1.165, 1.54) is 0 Å². The third-order valence-electron chi connectivity index (χ3n) is 1.49. The Labute approximate surface area is 83.4 Å². The summed E-state index contributed by atoms with van der Waals surface area (Å²) >= 11 is 2.12. The van der Waals surface area contributed by atoms with Gasteiger partial charge in [0.15, 0.2) is 0 Å². The molecule has 0 aliphatic heterocycles. The highest BCUT2D eigenvalue weighted by Crippen LogP contribution is 2.07. The highest BCUT2D eigenvalue weighted by atomic mass is 127. The lowest BCUT2D eigenvalue weighted by atomic mass is 10.3. The number of nitrogens with one attached hydrogen (secondary N) is 1. The smallest absolute Gasteiger partial charge is 0.258 e. The van der Waals surface area contributed by atoms with Crippen LogP contribution in [0, 0.1) is 3.57 Å². The second-order valence-electron chi connectivity index (χ2n) is 2.32. The van der Waals surface area contributed by atoms with E-state index in [0.717, 1.165) is 3.57 Å². The van der Waals surface area contributed by atoms with Crippen LogP contribution in [0.15, 0.2) is 12.4 Å². The molecule has 1 unspecified atom stereocenters. The Morgan fingerprint density at radius 1 is 1.92 bits per heavy atom. The van der Waals surface area contributed by atoms with Crippen molar-refractivity contribution in [3.8, 4) is 0 Å². The van der Waals surface area contributed by atoms with Gasteiger partial charge in [0.25, 0.3) is 5.91 Å². The van der Waals surface area contributed by atoms with E-state index in [2.05, 4.69) is 33.1 Å². The summed E-state index contributed by atoms with van der Waals surface area (Å²) < 4.78 is 2.55. The van der Waals surface area contributed by atoms with E-state index in [0.29, 0.717) is 0 Å². The molecule has 1 amide bonds. The SMILES string of the molecule is CC(C(=O)NN)n1cc(I)cn1. The lowest BCUT2D eigenvalue weighted by Crippen LogP contribution is -2.36. The monoisotopic (exact) mass is 280 g/mol. The van der Waals surface area contributed by atoms with Crippen LogP contribution in [-0.4, -0.2) is 15.7 Å². The van der Waals surface area contributed by atoms with Crippen molar-refractivity contribution in [2.75, 3.05) is 0 Å². The first kappa shape index (κ1) is 9.46. The van der Waals surface area contributed by atoms with Crippen LogP contribution < -0.4 is 11.3 Å². The number of hydrogen-bond donors (Lipinski definition) is 2. The van der Waals surface area contributed by atoms with E-state index < -0.39 is 0 Å². The fraction of sp³-hybridized carbons (Fsp3) is 0.333. The van der Waals surface area contributed by atoms with Crippen LogP contribution >= 0.6 is 22.6 Å². The number of hydrazine groups is 1. The normalized spacial score (nSPS) is 12.6. The Morgan fingerprint density at radius 2 is 2.58 bits per heavy atom. The van der Waals surface area contributed by atoms with Gasteiger partial charge in [0.1, 0.15) is 6.04 Å². The molecule has 0 bridgehead atoms. The maximum Gasteiger partial charge on any atom is 0.258 e. The molecule has 1 atom stereocenters. The molecule has 1 aromatic rings. The molecule has 3 N–H and O–H groups in total. The molecule has 0 fully saturated rings. The van der Waals surface area contributed by atoms with Gasteiger partial charge in [-0.05, 0) is 29.5 Å². The summed E-state index contributed by atoms with van der Waals surface area (Å²) in [5, 5.41) is 3.98. The molecule has 0 radical (unpaired) electrons. The van der Waals surface area contributed by atoms with Gasteiger partial charge in [-0.3, -0.25) is 14.9 Å². The van der Waals surface area contributed by atoms with Crippen molar-refractivity contribution < 1.29 is 4.79 Å². The number of amides is 1. The van der Waals surface area contributed by atoms with Gasteiger partial charge in [-0.1, -0.05) is 0 Å². The Hall–Kier alpha value is -0.630. The third kappa shape index (κ3) is 1.95. The number of rotatable bonds is 2. The summed E-state index contributed by atoms with van der Waals surface area (Å²) in [7, 11) is 0. The molecular weight excluding hydrogens is 271 g/mol. The fourth-order valence-electron chi connectivity index (χ4n) is 0.767. The molecule has 1 rings (SSSR count). The standard InChI is InChI=1S/C6H9IN4O/c1-4(6(12)10-8)11-3-5(7)2-9-11/h2-4H,8H2,1H3,(H,10,12). The summed E-state index contributed by atoms with van der Waals surface area (Å²) in [6.07, 6.45) is 3.46. The zero-order valence-corrected chi connectivity index (χ0v) is 8.65. The van der Waals surface area contributed by atoms with Gasteiger partial charge in [0, 0.05) is 6.20 Å². The molecule has 0 saturated carbocycles. The van der Waals surface area contributed by atoms with Crippen LogP contribution in [-0.2, 0) is 4.79 Å². The molecule has 1 aromatic heterocycles. The van der Waals surface area contributed by atoms with Gasteiger partial charge in [0.05, 0.1) is 9.77 Å². The lowest BCUT2D eigenvalue weighted by Gasteiger charge is -2.08. The highest BCUT2D eigenvalue weighted by Gasteiger charge is 2.13. The lowest BCUT2D eigenvalue weighted by molar-refractivity contribution is -0.124. The minimum atomic E-state index is -0.362. The van der Waals surface area contributed by atoms with E-state index in [1.807, 2.05) is 0 Å². The van der Waals surface area contributed by atoms with Crippen molar-refractivity contribution in [3.05, 3.63) is 16.0 Å². The van der Waals surface area contributed by atoms with Crippen molar-refractivity contribution in [1.29, 1.82) is 0 Å². The largest absolute Gasteiger partial charge is 0.292 e. The van der Waals surface area contributed by atoms with Crippen molar-refractivity contribution in [2.24, 2.45) is 5.84 Å². The van der Waals surface area contributed by atoms with E-state index in [-0.39, 0.29) is 11.9 Å². The Balaban J connectivity index is 2.77. The maximum atomic E-state index is 11.0. The molecule has 1 heterocycles. The van der Waals surface area contributed by atoms with Crippen molar-refractivity contribution in [1.82, 2.24) is 15.2 Å². The first-order chi connectivity index (χ1) is 5.65. The molecule has 0 spiro atoms. The summed E-state index contributed by atoms with van der Waals surface area (Å²) in [4.78, 5) is 11.0. The molecule has 12 heavy (non-hydrogen) atoms. The molecule has 0 saturated heterocycles. The molecule has 0 aromatic carbocycles. The number of nitrogens with two attached hydrogens (primary N) is 1. The summed E-state index contributed by atoms with van der Waals surface area (Å²) in [5.41, 5.74) is 2.07. The van der Waals surface area contributed by atoms with E-state index in [4.69, 9.17) is 5.84 Å². The maximum absolute atomic E-state index is 11.0. The summed E-state index contributed by atoms with van der Waals surface area (Å²) in [6.45, 7) is 1.73. The van der Waals surface area contributed by atoms with Crippen molar-refractivity contribution in [3.63, 3.8) is 0 Å². The first-order valence-electron chi connectivity index (χ1n) is 3.35. The summed E-state index contributed by atoms with van der Waals surface area (Å²) in [6, 6.07) is -0.362. The number of carbonyl (C=O) groups is 1. The molecule has 66 valence electrons. The molecule has 0 aliphatic rings. The fourth-order valence-corrected chi connectivity index (χ4v) is 1.18. The van der Waals surface area contributed by atoms with Gasteiger partial charge in [0.2, 0.25) is 0 Å². The molecule has 0 aliphatic carbocycles. The second-order valence-corrected chi connectivity index (χ2v) is 3.57. The van der Waals surface area contributed by atoms with Crippen LogP contribution in [0.4, 0.5) is 0 Å². The Bertz CT molecular complexity index is 285. The van der Waals surface area contributed by atoms with Crippen LogP contribution in [0.1, 0.15) is 13.0 Å². The van der Waals surface area contributed by atoms with Crippen molar-refractivity contribution >= 4 is 28.5 Å². The zero-order chi connectivity index (χ0) is 9.14. The predicted octanol–water partition coefficient (Wildman–Crippen LogP) is 0.0386. The molecule has 6 heteroatoms. The van der Waals surface area contributed by atoms with E-state index in [9.17, 15) is 4.79 Å². The summed E-state index contributed by atoms with van der Waals surface area (Å²) in [5.74, 6) is 4.72. The number of carbonyl (C=O) groups excluding carboxylic acids is 1. The predicted molar refractivity (Wildman–Crippen MR) is 52.0 cm³/mol. The van der Waals surface area contributed by atoms with Crippen LogP contribution in [0.3, 0.4) is 0 Å². The highest BCUT2D eigenvalue weighted by molar-refractivity contribution is 14.1. The Morgan fingerprint density at radius 3 is 3.00 bits per heavy atom. The van der Waals surface area contributed by atoms with Crippen molar-refractivity contribution in [2.45, 2.75) is 13.0 Å². The average Bonchev–Trinajstić information content (AvgIpc) is 2.49. The number of hydrogen-bond acceptors (Lipinski definition) is 3. The third-order valence-corrected chi connectivity index (χ3v) is 2.05. The first-order valence-corrected chi connectivity index (χ1v) is 4.43. The van der Waals surface area contributed by atoms with Crippen LogP contribution in [0.5, 0.6) is 0 Å². The number of halogens is 1. The second kappa shape index (κ2) is 3.85. The molecular formula is C6H9IN4O. The molecule has 5 nitrogen and oxygen atoms in total. The minimum Gasteiger partial charge on any atom is -0.292 e. The average molecular weight is 280 g/mol.